The predicted molar refractivity (Wildman–Crippen MR) is 118 cm³/mol. The largest absolute Gasteiger partial charge is 0.393 e. The predicted octanol–water partition coefficient (Wildman–Crippen LogP) is 2.38. The number of aryl methyl sites for hydroxylation is 1. The van der Waals surface area contributed by atoms with Crippen LogP contribution in [0.2, 0.25) is 0 Å². The number of thiazole rings is 1. The maximum absolute atomic E-state index is 13.0. The lowest BCUT2D eigenvalue weighted by molar-refractivity contribution is -0.00244. The summed E-state index contributed by atoms with van der Waals surface area (Å²) in [5.41, 5.74) is 3.16. The van der Waals surface area contributed by atoms with Crippen molar-refractivity contribution in [2.45, 2.75) is 68.1 Å². The third-order valence-corrected chi connectivity index (χ3v) is 9.09. The first-order chi connectivity index (χ1) is 14.4. The van der Waals surface area contributed by atoms with Crippen molar-refractivity contribution in [2.24, 2.45) is 9.50 Å². The van der Waals surface area contributed by atoms with Gasteiger partial charge in [0.1, 0.15) is 14.8 Å². The fraction of sp³-hybridized carbons (Fsp3) is 0.550. The van der Waals surface area contributed by atoms with Gasteiger partial charge in [0.25, 0.3) is 0 Å². The molecule has 0 bridgehead atoms. The molecule has 0 aliphatic heterocycles. The van der Waals surface area contributed by atoms with Crippen molar-refractivity contribution in [3.8, 4) is 0 Å². The zero-order valence-corrected chi connectivity index (χ0v) is 19.4. The van der Waals surface area contributed by atoms with Crippen molar-refractivity contribution < 1.29 is 19.2 Å². The minimum absolute atomic E-state index is 0.0534. The molecule has 2 heterocycles. The van der Waals surface area contributed by atoms with Gasteiger partial charge in [0.05, 0.1) is 24.2 Å². The minimum atomic E-state index is -3.57. The molecule has 0 aromatic carbocycles. The molecule has 11 heteroatoms. The molecule has 2 unspecified atom stereocenters. The van der Waals surface area contributed by atoms with Gasteiger partial charge in [0.2, 0.25) is 0 Å². The molecule has 2 atom stereocenters. The van der Waals surface area contributed by atoms with Gasteiger partial charge in [-0.3, -0.25) is 4.98 Å². The van der Waals surface area contributed by atoms with E-state index in [4.69, 9.17) is 10.1 Å². The van der Waals surface area contributed by atoms with Gasteiger partial charge in [0, 0.05) is 11.1 Å². The number of nitrogens with zero attached hydrogens (tertiary/aromatic N) is 3. The Morgan fingerprint density at radius 1 is 1.39 bits per heavy atom. The van der Waals surface area contributed by atoms with E-state index in [-0.39, 0.29) is 14.6 Å². The average molecular weight is 466 g/mol. The molecule has 31 heavy (non-hydrogen) atoms. The number of amides is 2. The summed E-state index contributed by atoms with van der Waals surface area (Å²) >= 11 is 0.854. The smallest absolute Gasteiger partial charge is 0.354 e. The van der Waals surface area contributed by atoms with Crippen LogP contribution in [0.5, 0.6) is 0 Å². The molecule has 2 aliphatic rings. The zero-order valence-electron chi connectivity index (χ0n) is 17.8. The third-order valence-electron chi connectivity index (χ3n) is 5.96. The van der Waals surface area contributed by atoms with E-state index < -0.39 is 28.2 Å². The molecule has 0 saturated carbocycles. The highest BCUT2D eigenvalue weighted by Crippen LogP contribution is 2.44. The number of rotatable bonds is 4. The van der Waals surface area contributed by atoms with E-state index in [0.717, 1.165) is 71.6 Å². The topological polar surface area (TPSA) is 151 Å². The van der Waals surface area contributed by atoms with E-state index in [1.165, 1.54) is 13.1 Å². The lowest BCUT2D eigenvalue weighted by atomic mass is 9.90. The summed E-state index contributed by atoms with van der Waals surface area (Å²) in [5.74, 6) is 0. The van der Waals surface area contributed by atoms with Gasteiger partial charge in [0.15, 0.2) is 9.92 Å². The Hall–Kier alpha value is -1.92. The fourth-order valence-electron chi connectivity index (χ4n) is 4.14. The number of carbonyl (C=O) groups is 1. The maximum Gasteiger partial charge on any atom is 0.354 e. The Bertz CT molecular complexity index is 1180. The number of hydrogen-bond acceptors (Lipinski definition) is 7. The lowest BCUT2D eigenvalue weighted by Crippen LogP contribution is -2.25. The van der Waals surface area contributed by atoms with Crippen LogP contribution in [0.4, 0.5) is 10.5 Å². The molecular weight excluding hydrogens is 438 g/mol. The molecule has 2 aromatic heterocycles. The standard InChI is InChI=1S/C20H27N5O4S2/c1-19(2)8-7-12-15(11-5-4-6-13(11)23-16(12)19)24-18(27)25-31(21,29)14-9-22-17(30-14)20(3,28)10-26/h9,26,28H,4-8,10H2,1-3H3,(H3,21,23,24,25,27,29). The minimum Gasteiger partial charge on any atom is -0.393 e. The molecule has 0 fully saturated rings. The van der Waals surface area contributed by atoms with Crippen LogP contribution in [-0.2, 0) is 40.2 Å². The molecule has 0 saturated heterocycles. The van der Waals surface area contributed by atoms with Crippen LogP contribution in [0.1, 0.15) is 61.1 Å². The second-order valence-corrected chi connectivity index (χ2v) is 12.0. The molecule has 0 spiro atoms. The van der Waals surface area contributed by atoms with Crippen molar-refractivity contribution >= 4 is 33.0 Å². The summed E-state index contributed by atoms with van der Waals surface area (Å²) in [6, 6.07) is -0.788. The van der Waals surface area contributed by atoms with E-state index in [9.17, 15) is 19.2 Å². The van der Waals surface area contributed by atoms with Crippen LogP contribution in [0.3, 0.4) is 0 Å². The molecule has 9 nitrogen and oxygen atoms in total. The van der Waals surface area contributed by atoms with Gasteiger partial charge in [-0.05, 0) is 50.2 Å². The van der Waals surface area contributed by atoms with Crippen molar-refractivity contribution in [1.29, 1.82) is 0 Å². The first-order valence-electron chi connectivity index (χ1n) is 10.2. The number of nitrogens with one attached hydrogen (secondary N) is 1. The number of hydrogen-bond donors (Lipinski definition) is 4. The van der Waals surface area contributed by atoms with Crippen molar-refractivity contribution in [3.05, 3.63) is 33.7 Å². The first-order valence-corrected chi connectivity index (χ1v) is 12.5. The normalized spacial score (nSPS) is 20.5. The number of aliphatic hydroxyl groups excluding tert-OH is 1. The van der Waals surface area contributed by atoms with Crippen LogP contribution in [0.15, 0.2) is 14.8 Å². The number of urea groups is 1. The number of aliphatic hydroxyl groups is 2. The highest BCUT2D eigenvalue weighted by Gasteiger charge is 2.36. The van der Waals surface area contributed by atoms with E-state index in [0.29, 0.717) is 0 Å². The molecule has 0 radical (unpaired) electrons. The molecule has 2 aliphatic carbocycles. The lowest BCUT2D eigenvalue weighted by Gasteiger charge is -2.20. The second-order valence-electron chi connectivity index (χ2n) is 8.98. The SMILES string of the molecule is CC1(C)CCc2c1nc1c(c2NC(=O)N=S(N)(=O)c2cnc(C(C)(O)CO)s2)CCC1. The van der Waals surface area contributed by atoms with E-state index in [1.54, 1.807) is 0 Å². The fourth-order valence-corrected chi connectivity index (χ4v) is 6.24. The van der Waals surface area contributed by atoms with E-state index in [1.807, 2.05) is 0 Å². The Morgan fingerprint density at radius 2 is 2.13 bits per heavy atom. The molecular formula is C20H27N5O4S2. The Balaban J connectivity index is 1.67. The summed E-state index contributed by atoms with van der Waals surface area (Å²) in [5, 5.41) is 28.3. The van der Waals surface area contributed by atoms with Gasteiger partial charge < -0.3 is 15.5 Å². The summed E-state index contributed by atoms with van der Waals surface area (Å²) in [6.07, 6.45) is 5.66. The highest BCUT2D eigenvalue weighted by molar-refractivity contribution is 7.93. The quantitative estimate of drug-likeness (QED) is 0.544. The summed E-state index contributed by atoms with van der Waals surface area (Å²) in [7, 11) is -3.57. The average Bonchev–Trinajstić information content (AvgIpc) is 3.41. The van der Waals surface area contributed by atoms with Crippen LogP contribution in [0.25, 0.3) is 0 Å². The van der Waals surface area contributed by atoms with Crippen molar-refractivity contribution in [1.82, 2.24) is 9.97 Å². The van der Waals surface area contributed by atoms with Crippen LogP contribution >= 0.6 is 11.3 Å². The van der Waals surface area contributed by atoms with Crippen LogP contribution in [0, 0.1) is 0 Å². The van der Waals surface area contributed by atoms with E-state index >= 15 is 0 Å². The number of carbonyl (C=O) groups excluding carboxylic acids is 1. The molecule has 2 aromatic rings. The number of aromatic nitrogens is 2. The summed E-state index contributed by atoms with van der Waals surface area (Å²) < 4.78 is 16.7. The molecule has 168 valence electrons. The molecule has 2 amide bonds. The van der Waals surface area contributed by atoms with Gasteiger partial charge in [-0.1, -0.05) is 13.8 Å². The van der Waals surface area contributed by atoms with Gasteiger partial charge in [-0.2, -0.15) is 0 Å². The second kappa shape index (κ2) is 7.59. The summed E-state index contributed by atoms with van der Waals surface area (Å²) in [4.78, 5) is 21.6. The Kier molecular flexibility index (Phi) is 5.46. The first kappa shape index (κ1) is 22.3. The molecule has 4 rings (SSSR count). The van der Waals surface area contributed by atoms with Crippen LogP contribution in [-0.4, -0.2) is 37.0 Å². The summed E-state index contributed by atoms with van der Waals surface area (Å²) in [6.45, 7) is 5.12. The van der Waals surface area contributed by atoms with E-state index in [2.05, 4.69) is 28.5 Å². The molecule has 5 N–H and O–H groups in total. The Labute approximate surface area is 185 Å². The van der Waals surface area contributed by atoms with Gasteiger partial charge >= 0.3 is 6.03 Å². The number of pyridine rings is 1. The third kappa shape index (κ3) is 4.00. The van der Waals surface area contributed by atoms with Gasteiger partial charge in [-0.25, -0.2) is 19.1 Å². The highest BCUT2D eigenvalue weighted by atomic mass is 32.2. The number of nitrogens with two attached hydrogens (primary N) is 1. The monoisotopic (exact) mass is 465 g/mol. The zero-order chi connectivity index (χ0) is 22.6. The maximum atomic E-state index is 13.0. The Morgan fingerprint density at radius 3 is 2.84 bits per heavy atom. The number of fused-ring (bicyclic) bond motifs is 2. The van der Waals surface area contributed by atoms with Gasteiger partial charge in [-0.15, -0.1) is 15.7 Å². The number of anilines is 1. The van der Waals surface area contributed by atoms with Crippen molar-refractivity contribution in [2.75, 3.05) is 11.9 Å². The van der Waals surface area contributed by atoms with Crippen LogP contribution < -0.4 is 10.5 Å². The van der Waals surface area contributed by atoms with Crippen molar-refractivity contribution in [3.63, 3.8) is 0 Å².